The molecule has 5 rings (SSSR count). The fraction of sp³-hybridized carbons (Fsp3) is 0.200. The zero-order valence-corrected chi connectivity index (χ0v) is 18.9. The number of H-pyrrole nitrogens is 1. The average molecular weight is 475 g/mol. The molecule has 0 saturated heterocycles. The zero-order chi connectivity index (χ0) is 24.7. The largest absolute Gasteiger partial charge is 0.496 e. The Morgan fingerprint density at radius 1 is 1.23 bits per heavy atom. The van der Waals surface area contributed by atoms with Gasteiger partial charge in [0.1, 0.15) is 28.6 Å². The Hall–Kier alpha value is -4.31. The highest BCUT2D eigenvalue weighted by Crippen LogP contribution is 2.37. The molecule has 0 radical (unpaired) electrons. The number of rotatable bonds is 6. The van der Waals surface area contributed by atoms with Crippen molar-refractivity contribution in [3.63, 3.8) is 0 Å². The quantitative estimate of drug-likeness (QED) is 0.364. The van der Waals surface area contributed by atoms with Gasteiger partial charge in [-0.15, -0.1) is 0 Å². The molecule has 2 aromatic heterocycles. The Balaban J connectivity index is 1.45. The standard InChI is InChI=1S/C25H22FN5O4/c1-35-19-3-2-14(26)10-16(19)15-4-7-28-25-17(15)11-18(29-25)13-5-8-31(9-6-13)22-21(23(33)24(22)34)30-20(32)12-27/h2-5,7,10-11H,6,8-9,12,27H2,1H3,(H,28,29)(H,30,32). The number of anilines is 2. The lowest BCUT2D eigenvalue weighted by molar-refractivity contribution is -0.114. The maximum atomic E-state index is 14.0. The van der Waals surface area contributed by atoms with Gasteiger partial charge >= 0.3 is 0 Å². The molecule has 0 bridgehead atoms. The molecule has 1 aliphatic heterocycles. The van der Waals surface area contributed by atoms with Crippen LogP contribution >= 0.6 is 0 Å². The van der Waals surface area contributed by atoms with Gasteiger partial charge in [-0.3, -0.25) is 14.4 Å². The number of fused-ring (bicyclic) bond motifs is 1. The van der Waals surface area contributed by atoms with Crippen molar-refractivity contribution in [1.82, 2.24) is 9.97 Å². The number of carbonyl (C=O) groups is 1. The first kappa shape index (κ1) is 22.5. The van der Waals surface area contributed by atoms with Gasteiger partial charge in [0.2, 0.25) is 5.91 Å². The van der Waals surface area contributed by atoms with Crippen molar-refractivity contribution in [2.45, 2.75) is 6.42 Å². The second-order valence-corrected chi connectivity index (χ2v) is 8.21. The molecule has 0 saturated carbocycles. The highest BCUT2D eigenvalue weighted by molar-refractivity contribution is 5.98. The Morgan fingerprint density at radius 3 is 2.77 bits per heavy atom. The van der Waals surface area contributed by atoms with Crippen LogP contribution in [0.15, 0.2) is 52.2 Å². The molecule has 0 fully saturated rings. The van der Waals surface area contributed by atoms with Crippen molar-refractivity contribution < 1.29 is 13.9 Å². The SMILES string of the molecule is COc1ccc(F)cc1-c1ccnc2[nH]c(C3=CCN(c4c(NC(=O)CN)c(=O)c4=O)CC3)cc12. The van der Waals surface area contributed by atoms with E-state index in [9.17, 15) is 18.8 Å². The van der Waals surface area contributed by atoms with Crippen LogP contribution in [0.2, 0.25) is 0 Å². The lowest BCUT2D eigenvalue weighted by Crippen LogP contribution is -2.45. The monoisotopic (exact) mass is 475 g/mol. The summed E-state index contributed by atoms with van der Waals surface area (Å²) < 4.78 is 19.4. The number of hydrogen-bond donors (Lipinski definition) is 3. The zero-order valence-electron chi connectivity index (χ0n) is 18.9. The molecular weight excluding hydrogens is 453 g/mol. The van der Waals surface area contributed by atoms with Gasteiger partial charge in [0.25, 0.3) is 10.9 Å². The topological polar surface area (TPSA) is 130 Å². The Kier molecular flexibility index (Phi) is 5.65. The number of nitrogens with zero attached hydrogens (tertiary/aromatic N) is 2. The van der Waals surface area contributed by atoms with Gasteiger partial charge < -0.3 is 25.7 Å². The minimum absolute atomic E-state index is 0.00537. The molecule has 2 aromatic carbocycles. The van der Waals surface area contributed by atoms with Gasteiger partial charge in [-0.25, -0.2) is 9.37 Å². The number of pyridine rings is 1. The Labute approximate surface area is 198 Å². The van der Waals surface area contributed by atoms with E-state index in [2.05, 4.69) is 15.3 Å². The predicted molar refractivity (Wildman–Crippen MR) is 132 cm³/mol. The normalized spacial score (nSPS) is 13.8. The van der Waals surface area contributed by atoms with Crippen molar-refractivity contribution >= 4 is 33.9 Å². The summed E-state index contributed by atoms with van der Waals surface area (Å²) in [4.78, 5) is 45.2. The molecule has 4 N–H and O–H groups in total. The molecule has 3 heterocycles. The number of hydrogen-bond acceptors (Lipinski definition) is 7. The summed E-state index contributed by atoms with van der Waals surface area (Å²) in [6.45, 7) is 0.592. The molecule has 35 heavy (non-hydrogen) atoms. The summed E-state index contributed by atoms with van der Waals surface area (Å²) >= 11 is 0. The van der Waals surface area contributed by atoms with Crippen molar-refractivity contribution in [2.24, 2.45) is 5.73 Å². The molecule has 0 aliphatic carbocycles. The average Bonchev–Trinajstić information content (AvgIpc) is 3.33. The molecule has 9 nitrogen and oxygen atoms in total. The summed E-state index contributed by atoms with van der Waals surface area (Å²) in [5.74, 6) is -0.334. The minimum Gasteiger partial charge on any atom is -0.496 e. The molecule has 1 aliphatic rings. The van der Waals surface area contributed by atoms with Crippen molar-refractivity contribution in [3.8, 4) is 16.9 Å². The summed E-state index contributed by atoms with van der Waals surface area (Å²) in [6, 6.07) is 8.16. The molecule has 4 aromatic rings. The van der Waals surface area contributed by atoms with Gasteiger partial charge in [0.05, 0.1) is 13.7 Å². The summed E-state index contributed by atoms with van der Waals surface area (Å²) in [5, 5.41) is 3.24. The number of halogens is 1. The van der Waals surface area contributed by atoms with E-state index < -0.39 is 16.8 Å². The van der Waals surface area contributed by atoms with E-state index in [4.69, 9.17) is 10.5 Å². The lowest BCUT2D eigenvalue weighted by atomic mass is 10.0. The molecule has 1 amide bonds. The van der Waals surface area contributed by atoms with Crippen LogP contribution in [0, 0.1) is 5.82 Å². The number of ether oxygens (including phenoxy) is 1. The van der Waals surface area contributed by atoms with Crippen molar-refractivity contribution in [3.05, 3.63) is 74.6 Å². The van der Waals surface area contributed by atoms with Crippen LogP contribution in [0.3, 0.4) is 0 Å². The maximum Gasteiger partial charge on any atom is 0.253 e. The third-order valence-electron chi connectivity index (χ3n) is 6.19. The summed E-state index contributed by atoms with van der Waals surface area (Å²) in [5.41, 5.74) is 8.14. The summed E-state index contributed by atoms with van der Waals surface area (Å²) in [6.07, 6.45) is 4.21. The highest BCUT2D eigenvalue weighted by atomic mass is 19.1. The van der Waals surface area contributed by atoms with E-state index in [0.717, 1.165) is 22.2 Å². The number of nitrogens with one attached hydrogen (secondary N) is 2. The number of aromatic nitrogens is 2. The number of aromatic amines is 1. The molecule has 10 heteroatoms. The highest BCUT2D eigenvalue weighted by Gasteiger charge is 2.28. The van der Waals surface area contributed by atoms with E-state index >= 15 is 0 Å². The van der Waals surface area contributed by atoms with E-state index in [0.29, 0.717) is 36.5 Å². The maximum absolute atomic E-state index is 14.0. The molecule has 178 valence electrons. The number of amides is 1. The van der Waals surface area contributed by atoms with Gasteiger partial charge in [-0.1, -0.05) is 6.08 Å². The number of methoxy groups -OCH3 is 1. The molecule has 0 atom stereocenters. The van der Waals surface area contributed by atoms with Crippen LogP contribution in [0.25, 0.3) is 27.7 Å². The van der Waals surface area contributed by atoms with E-state index in [1.54, 1.807) is 24.3 Å². The van der Waals surface area contributed by atoms with E-state index in [1.165, 1.54) is 12.1 Å². The predicted octanol–water partition coefficient (Wildman–Crippen LogP) is 2.16. The first-order chi connectivity index (χ1) is 16.9. The molecule has 0 spiro atoms. The van der Waals surface area contributed by atoms with Gasteiger partial charge in [-0.05, 0) is 47.9 Å². The molecule has 0 unspecified atom stereocenters. The van der Waals surface area contributed by atoms with Crippen LogP contribution in [0.4, 0.5) is 15.8 Å². The smallest absolute Gasteiger partial charge is 0.253 e. The van der Waals surface area contributed by atoms with Gasteiger partial charge in [0.15, 0.2) is 0 Å². The fourth-order valence-electron chi connectivity index (χ4n) is 4.43. The van der Waals surface area contributed by atoms with Gasteiger partial charge in [0, 0.05) is 35.9 Å². The first-order valence-corrected chi connectivity index (χ1v) is 11.0. The van der Waals surface area contributed by atoms with Crippen LogP contribution in [0.5, 0.6) is 5.75 Å². The minimum atomic E-state index is -0.710. The third-order valence-corrected chi connectivity index (χ3v) is 6.19. The van der Waals surface area contributed by atoms with Crippen molar-refractivity contribution in [2.75, 3.05) is 37.0 Å². The third kappa shape index (κ3) is 3.87. The van der Waals surface area contributed by atoms with E-state index in [-0.39, 0.29) is 23.7 Å². The first-order valence-electron chi connectivity index (χ1n) is 11.0. The Bertz CT molecular complexity index is 1560. The van der Waals surface area contributed by atoms with Crippen LogP contribution in [0.1, 0.15) is 12.1 Å². The lowest BCUT2D eigenvalue weighted by Gasteiger charge is -2.30. The number of benzene rings is 1. The molecular formula is C25H22FN5O4. The van der Waals surface area contributed by atoms with Crippen molar-refractivity contribution in [1.29, 1.82) is 0 Å². The Morgan fingerprint density at radius 2 is 2.06 bits per heavy atom. The number of nitrogens with two attached hydrogens (primary N) is 1. The number of carbonyl (C=O) groups excluding carboxylic acids is 1. The van der Waals surface area contributed by atoms with Crippen LogP contribution in [-0.2, 0) is 4.79 Å². The second-order valence-electron chi connectivity index (χ2n) is 8.21. The fourth-order valence-corrected chi connectivity index (χ4v) is 4.43. The summed E-state index contributed by atoms with van der Waals surface area (Å²) in [7, 11) is 1.54. The second kappa shape index (κ2) is 8.80. The van der Waals surface area contributed by atoms with Crippen LogP contribution in [-0.4, -0.2) is 42.6 Å². The van der Waals surface area contributed by atoms with Gasteiger partial charge in [-0.2, -0.15) is 0 Å². The van der Waals surface area contributed by atoms with Crippen LogP contribution < -0.4 is 31.5 Å². The van der Waals surface area contributed by atoms with E-state index in [1.807, 2.05) is 18.2 Å².